The number of imidazole rings is 1. The lowest BCUT2D eigenvalue weighted by atomic mass is 10.1. The summed E-state index contributed by atoms with van der Waals surface area (Å²) in [6.07, 6.45) is -4.36. The Bertz CT molecular complexity index is 1040. The number of aryl methyl sites for hydroxylation is 1. The molecule has 0 fully saturated rings. The van der Waals surface area contributed by atoms with E-state index in [1.165, 1.54) is 0 Å². The zero-order chi connectivity index (χ0) is 18.5. The van der Waals surface area contributed by atoms with Gasteiger partial charge in [0.1, 0.15) is 5.82 Å². The Morgan fingerprint density at radius 2 is 2.00 bits per heavy atom. The van der Waals surface area contributed by atoms with Crippen molar-refractivity contribution in [3.8, 4) is 0 Å². The number of alkyl halides is 3. The van der Waals surface area contributed by atoms with Gasteiger partial charge in [0.05, 0.1) is 28.8 Å². The molecule has 1 aromatic carbocycles. The van der Waals surface area contributed by atoms with E-state index in [1.54, 1.807) is 0 Å². The fraction of sp³-hybridized carbons (Fsp3) is 0.353. The Hall–Kier alpha value is -2.68. The van der Waals surface area contributed by atoms with Gasteiger partial charge in [0.25, 0.3) is 5.56 Å². The Labute approximate surface area is 146 Å². The number of aromatic amines is 1. The number of halogens is 3. The lowest BCUT2D eigenvalue weighted by molar-refractivity contribution is -0.145. The molecule has 0 saturated heterocycles. The number of nitrogens with one attached hydrogen (secondary N) is 1. The largest absolute Gasteiger partial charge is 0.449 e. The zero-order valence-electron chi connectivity index (χ0n) is 14.0. The summed E-state index contributed by atoms with van der Waals surface area (Å²) in [5, 5.41) is 0. The van der Waals surface area contributed by atoms with Gasteiger partial charge < -0.3 is 9.55 Å². The predicted octanol–water partition coefficient (Wildman–Crippen LogP) is 2.23. The molecule has 136 valence electrons. The number of nitrogens with zero attached hydrogens (tertiary/aromatic N) is 4. The van der Waals surface area contributed by atoms with E-state index >= 15 is 0 Å². The van der Waals surface area contributed by atoms with Crippen LogP contribution in [-0.4, -0.2) is 31.0 Å². The zero-order valence-corrected chi connectivity index (χ0v) is 14.0. The molecule has 1 N–H and O–H groups in total. The van der Waals surface area contributed by atoms with Crippen molar-refractivity contribution in [3.05, 3.63) is 57.5 Å². The van der Waals surface area contributed by atoms with E-state index in [4.69, 9.17) is 0 Å². The molecule has 0 unspecified atom stereocenters. The number of hydrogen-bond donors (Lipinski definition) is 1. The first kappa shape index (κ1) is 16.8. The molecular formula is C17H16F3N5O. The highest BCUT2D eigenvalue weighted by atomic mass is 19.4. The van der Waals surface area contributed by atoms with Gasteiger partial charge in [0, 0.05) is 26.6 Å². The first-order chi connectivity index (χ1) is 12.3. The highest BCUT2D eigenvalue weighted by molar-refractivity contribution is 5.75. The van der Waals surface area contributed by atoms with Gasteiger partial charge in [-0.05, 0) is 12.1 Å². The maximum atomic E-state index is 12.8. The molecule has 0 bridgehead atoms. The quantitative estimate of drug-likeness (QED) is 0.758. The van der Waals surface area contributed by atoms with Crippen molar-refractivity contribution < 1.29 is 13.2 Å². The van der Waals surface area contributed by atoms with E-state index in [2.05, 4.69) is 9.97 Å². The van der Waals surface area contributed by atoms with E-state index in [9.17, 15) is 18.0 Å². The Morgan fingerprint density at radius 1 is 1.23 bits per heavy atom. The van der Waals surface area contributed by atoms with Crippen molar-refractivity contribution in [2.75, 3.05) is 6.54 Å². The molecule has 1 aliphatic rings. The summed E-state index contributed by atoms with van der Waals surface area (Å²) in [7, 11) is 1.92. The topological polar surface area (TPSA) is 66.8 Å². The third kappa shape index (κ3) is 2.88. The molecule has 6 nitrogen and oxygen atoms in total. The average Bonchev–Trinajstić information content (AvgIpc) is 2.91. The van der Waals surface area contributed by atoms with Crippen LogP contribution in [0.25, 0.3) is 11.0 Å². The van der Waals surface area contributed by atoms with Crippen LogP contribution >= 0.6 is 0 Å². The van der Waals surface area contributed by atoms with E-state index in [0.717, 1.165) is 16.9 Å². The molecular weight excluding hydrogens is 347 g/mol. The first-order valence-corrected chi connectivity index (χ1v) is 8.15. The van der Waals surface area contributed by atoms with Crippen molar-refractivity contribution in [3.63, 3.8) is 0 Å². The van der Waals surface area contributed by atoms with E-state index in [-0.39, 0.29) is 12.2 Å². The molecule has 2 aromatic heterocycles. The summed E-state index contributed by atoms with van der Waals surface area (Å²) >= 11 is 0. The molecule has 0 aliphatic carbocycles. The first-order valence-electron chi connectivity index (χ1n) is 8.15. The van der Waals surface area contributed by atoms with Crippen LogP contribution in [0.1, 0.15) is 22.9 Å². The number of rotatable bonds is 2. The van der Waals surface area contributed by atoms with Crippen LogP contribution in [0.4, 0.5) is 13.2 Å². The number of H-pyrrole nitrogens is 1. The molecule has 0 radical (unpaired) electrons. The van der Waals surface area contributed by atoms with Gasteiger partial charge in [-0.15, -0.1) is 0 Å². The van der Waals surface area contributed by atoms with E-state index < -0.39 is 17.6 Å². The van der Waals surface area contributed by atoms with Crippen LogP contribution in [0, 0.1) is 0 Å². The Balaban J connectivity index is 1.60. The van der Waals surface area contributed by atoms with Crippen LogP contribution in [0.15, 0.2) is 29.1 Å². The van der Waals surface area contributed by atoms with Crippen molar-refractivity contribution in [2.24, 2.45) is 7.05 Å². The maximum absolute atomic E-state index is 12.8. The van der Waals surface area contributed by atoms with E-state index in [1.807, 2.05) is 45.8 Å². The second-order valence-corrected chi connectivity index (χ2v) is 6.37. The lowest BCUT2D eigenvalue weighted by Gasteiger charge is -2.27. The van der Waals surface area contributed by atoms with Crippen molar-refractivity contribution in [2.45, 2.75) is 25.7 Å². The molecule has 1 aliphatic heterocycles. The predicted molar refractivity (Wildman–Crippen MR) is 88.4 cm³/mol. The molecule has 3 aromatic rings. The van der Waals surface area contributed by atoms with Crippen LogP contribution in [0.3, 0.4) is 0 Å². The second-order valence-electron chi connectivity index (χ2n) is 6.37. The van der Waals surface area contributed by atoms with Crippen LogP contribution in [0.5, 0.6) is 0 Å². The van der Waals surface area contributed by atoms with Crippen molar-refractivity contribution in [1.29, 1.82) is 0 Å². The Kier molecular flexibility index (Phi) is 3.83. The molecule has 0 atom stereocenters. The molecule has 4 rings (SSSR count). The minimum Gasteiger partial charge on any atom is -0.330 e. The normalized spacial score (nSPS) is 15.4. The second kappa shape index (κ2) is 5.94. The van der Waals surface area contributed by atoms with Gasteiger partial charge in [-0.1, -0.05) is 12.1 Å². The van der Waals surface area contributed by atoms with Gasteiger partial charge >= 0.3 is 6.18 Å². The monoisotopic (exact) mass is 363 g/mol. The van der Waals surface area contributed by atoms with Gasteiger partial charge in [0.2, 0.25) is 5.82 Å². The van der Waals surface area contributed by atoms with Gasteiger partial charge in [-0.3, -0.25) is 9.69 Å². The molecule has 0 amide bonds. The molecule has 26 heavy (non-hydrogen) atoms. The molecule has 3 heterocycles. The third-order valence-corrected chi connectivity index (χ3v) is 4.66. The number of fused-ring (bicyclic) bond motifs is 2. The number of hydrogen-bond acceptors (Lipinski definition) is 4. The fourth-order valence-electron chi connectivity index (χ4n) is 3.29. The summed E-state index contributed by atoms with van der Waals surface area (Å²) in [6.45, 7) is 1.27. The van der Waals surface area contributed by atoms with Crippen molar-refractivity contribution in [1.82, 2.24) is 24.4 Å². The van der Waals surface area contributed by atoms with Crippen LogP contribution in [0.2, 0.25) is 0 Å². The summed E-state index contributed by atoms with van der Waals surface area (Å²) < 4.78 is 40.4. The highest BCUT2D eigenvalue weighted by Gasteiger charge is 2.36. The maximum Gasteiger partial charge on any atom is 0.449 e. The summed E-state index contributed by atoms with van der Waals surface area (Å²) in [6, 6.07) is 7.76. The third-order valence-electron chi connectivity index (χ3n) is 4.66. The van der Waals surface area contributed by atoms with Crippen LogP contribution in [-0.2, 0) is 32.7 Å². The number of aromatic nitrogens is 4. The van der Waals surface area contributed by atoms with Gasteiger partial charge in [0.15, 0.2) is 0 Å². The summed E-state index contributed by atoms with van der Waals surface area (Å²) in [5.41, 5.74) is 1.69. The molecule has 9 heteroatoms. The van der Waals surface area contributed by atoms with Gasteiger partial charge in [-0.2, -0.15) is 13.2 Å². The van der Waals surface area contributed by atoms with Crippen LogP contribution < -0.4 is 5.56 Å². The van der Waals surface area contributed by atoms with Crippen molar-refractivity contribution >= 4 is 11.0 Å². The smallest absolute Gasteiger partial charge is 0.330 e. The molecule has 0 spiro atoms. The lowest BCUT2D eigenvalue weighted by Crippen LogP contribution is -2.37. The summed E-state index contributed by atoms with van der Waals surface area (Å²) in [5.74, 6) is -0.393. The fourth-order valence-corrected chi connectivity index (χ4v) is 3.29. The summed E-state index contributed by atoms with van der Waals surface area (Å²) in [4.78, 5) is 24.2. The van der Waals surface area contributed by atoms with Gasteiger partial charge in [-0.25, -0.2) is 9.97 Å². The van der Waals surface area contributed by atoms with E-state index in [0.29, 0.717) is 25.1 Å². The average molecular weight is 363 g/mol. The standard InChI is InChI=1S/C17H16F3N5O/c1-24-13-5-3-2-4-12(13)21-14(24)9-25-7-6-11-10(8-25)15(26)23-16(22-11)17(18,19)20/h2-5H,6-9H2,1H3,(H,22,23,26). The SMILES string of the molecule is Cn1c(CN2CCc3nc(C(F)(F)F)[nH]c(=O)c3C2)nc2ccccc21. The number of para-hydroxylation sites is 2. The minimum atomic E-state index is -4.65. The Morgan fingerprint density at radius 3 is 2.73 bits per heavy atom. The molecule has 0 saturated carbocycles. The minimum absolute atomic E-state index is 0.224. The number of benzene rings is 1. The highest BCUT2D eigenvalue weighted by Crippen LogP contribution is 2.27.